The van der Waals surface area contributed by atoms with Crippen LogP contribution < -0.4 is 4.74 Å². The van der Waals surface area contributed by atoms with Crippen molar-refractivity contribution >= 4 is 53.9 Å². The van der Waals surface area contributed by atoms with Crippen molar-refractivity contribution in [2.24, 2.45) is 0 Å². The molecule has 0 bridgehead atoms. The largest absolute Gasteiger partial charge is 0.456 e. The third-order valence-corrected chi connectivity index (χ3v) is 8.40. The minimum Gasteiger partial charge on any atom is -0.456 e. The average molecular weight is 495 g/mol. The van der Waals surface area contributed by atoms with Crippen LogP contribution in [0.3, 0.4) is 0 Å². The van der Waals surface area contributed by atoms with E-state index in [4.69, 9.17) is 4.74 Å². The van der Waals surface area contributed by atoms with E-state index in [1.54, 1.807) is 0 Å². The van der Waals surface area contributed by atoms with Gasteiger partial charge in [-0.15, -0.1) is 0 Å². The van der Waals surface area contributed by atoms with Gasteiger partial charge in [-0.3, -0.25) is 0 Å². The lowest BCUT2D eigenvalue weighted by molar-refractivity contribution is 0.487. The van der Waals surface area contributed by atoms with Crippen LogP contribution in [0.25, 0.3) is 76.1 Å². The molecule has 8 aromatic rings. The van der Waals surface area contributed by atoms with Crippen molar-refractivity contribution in [1.82, 2.24) is 0 Å². The lowest BCUT2D eigenvalue weighted by Crippen LogP contribution is -1.97. The van der Waals surface area contributed by atoms with Crippen LogP contribution in [0.15, 0.2) is 133 Å². The topological polar surface area (TPSA) is 9.23 Å². The van der Waals surface area contributed by atoms with Gasteiger partial charge in [-0.1, -0.05) is 109 Å². The van der Waals surface area contributed by atoms with Crippen LogP contribution in [0.4, 0.5) is 0 Å². The molecule has 0 saturated carbocycles. The van der Waals surface area contributed by atoms with Gasteiger partial charge in [-0.25, -0.2) is 0 Å². The zero-order valence-corrected chi connectivity index (χ0v) is 21.1. The lowest BCUT2D eigenvalue weighted by atomic mass is 9.86. The van der Waals surface area contributed by atoms with Crippen LogP contribution in [0.2, 0.25) is 0 Å². The van der Waals surface area contributed by atoms with Gasteiger partial charge in [0.05, 0.1) is 0 Å². The Bertz CT molecular complexity index is 2300. The summed E-state index contributed by atoms with van der Waals surface area (Å²) in [6.07, 6.45) is 0. The molecular weight excluding hydrogens is 472 g/mol. The summed E-state index contributed by atoms with van der Waals surface area (Å²) in [7, 11) is 0. The number of hydrogen-bond acceptors (Lipinski definition) is 1. The second kappa shape index (κ2) is 7.69. The molecule has 8 aromatic carbocycles. The third kappa shape index (κ3) is 2.90. The first-order valence-electron chi connectivity index (χ1n) is 13.4. The van der Waals surface area contributed by atoms with E-state index in [0.717, 1.165) is 17.1 Å². The summed E-state index contributed by atoms with van der Waals surface area (Å²) in [5, 5.41) is 12.5. The summed E-state index contributed by atoms with van der Waals surface area (Å²) in [5.41, 5.74) is 4.80. The molecule has 0 unspecified atom stereocenters. The molecule has 9 rings (SSSR count). The Hall–Kier alpha value is -5.14. The lowest BCUT2D eigenvalue weighted by Gasteiger charge is -2.23. The van der Waals surface area contributed by atoms with Crippen LogP contribution in [0, 0.1) is 0 Å². The molecule has 0 radical (unpaired) electrons. The van der Waals surface area contributed by atoms with Gasteiger partial charge in [-0.05, 0) is 89.4 Å². The molecule has 0 fully saturated rings. The summed E-state index contributed by atoms with van der Waals surface area (Å²) >= 11 is 0. The molecular formula is C38H22O. The van der Waals surface area contributed by atoms with Crippen LogP contribution in [-0.2, 0) is 0 Å². The maximum atomic E-state index is 6.59. The molecule has 180 valence electrons. The number of fused-ring (bicyclic) bond motifs is 8. The zero-order valence-electron chi connectivity index (χ0n) is 21.1. The second-order valence-electron chi connectivity index (χ2n) is 10.5. The molecule has 0 atom stereocenters. The van der Waals surface area contributed by atoms with Crippen molar-refractivity contribution in [2.75, 3.05) is 0 Å². The van der Waals surface area contributed by atoms with Crippen molar-refractivity contribution in [1.29, 1.82) is 0 Å². The molecule has 0 saturated heterocycles. The van der Waals surface area contributed by atoms with Crippen LogP contribution >= 0.6 is 0 Å². The summed E-state index contributed by atoms with van der Waals surface area (Å²) in [6.45, 7) is 0. The minimum absolute atomic E-state index is 0.907. The highest BCUT2D eigenvalue weighted by Crippen LogP contribution is 2.49. The molecule has 0 aromatic heterocycles. The smallest absolute Gasteiger partial charge is 0.135 e. The van der Waals surface area contributed by atoms with Crippen LogP contribution in [0.1, 0.15) is 0 Å². The molecule has 1 nitrogen and oxygen atoms in total. The monoisotopic (exact) mass is 494 g/mol. The molecule has 0 N–H and O–H groups in total. The predicted octanol–water partition coefficient (Wildman–Crippen LogP) is 10.9. The Morgan fingerprint density at radius 3 is 1.97 bits per heavy atom. The quantitative estimate of drug-likeness (QED) is 0.163. The Balaban J connectivity index is 1.41. The number of ether oxygens (including phenoxy) is 1. The maximum Gasteiger partial charge on any atom is 0.135 e. The Morgan fingerprint density at radius 1 is 0.359 bits per heavy atom. The Kier molecular flexibility index (Phi) is 4.11. The van der Waals surface area contributed by atoms with Gasteiger partial charge >= 0.3 is 0 Å². The normalized spacial score (nSPS) is 12.3. The molecule has 1 aliphatic rings. The summed E-state index contributed by atoms with van der Waals surface area (Å²) in [4.78, 5) is 0. The standard InChI is InChI=1S/C38H22O/c1-3-11-28-23(7-1)17-20-32-33(28)21-26-16-15-24-8-2-4-12-29(24)37(26)38(32)27-18-19-30-31-13-5-9-25-10-6-14-34(36(25)31)39-35(30)22-27/h1-22H. The highest BCUT2D eigenvalue weighted by molar-refractivity contribution is 6.25. The van der Waals surface area contributed by atoms with Gasteiger partial charge in [0.15, 0.2) is 0 Å². The second-order valence-corrected chi connectivity index (χ2v) is 10.5. The van der Waals surface area contributed by atoms with Crippen LogP contribution in [-0.4, -0.2) is 0 Å². The van der Waals surface area contributed by atoms with Gasteiger partial charge < -0.3 is 4.74 Å². The fraction of sp³-hybridized carbons (Fsp3) is 0. The first kappa shape index (κ1) is 20.9. The first-order chi connectivity index (χ1) is 19.3. The fourth-order valence-corrected chi connectivity index (χ4v) is 6.67. The zero-order chi connectivity index (χ0) is 25.5. The molecule has 1 heterocycles. The van der Waals surface area contributed by atoms with Gasteiger partial charge in [0.2, 0.25) is 0 Å². The van der Waals surface area contributed by atoms with E-state index in [-0.39, 0.29) is 0 Å². The van der Waals surface area contributed by atoms with E-state index < -0.39 is 0 Å². The molecule has 0 aliphatic carbocycles. The molecule has 0 spiro atoms. The van der Waals surface area contributed by atoms with Crippen molar-refractivity contribution in [3.63, 3.8) is 0 Å². The fourth-order valence-electron chi connectivity index (χ4n) is 6.67. The van der Waals surface area contributed by atoms with Crippen molar-refractivity contribution in [3.05, 3.63) is 133 Å². The maximum absolute atomic E-state index is 6.59. The SMILES string of the molecule is c1cc2c3c(cccc3c1)-c1ccc(-c3c4ccc5ccccc5c4cc4ccc5ccccc5c34)cc1O2. The molecule has 39 heavy (non-hydrogen) atoms. The third-order valence-electron chi connectivity index (χ3n) is 8.40. The minimum atomic E-state index is 0.907. The van der Waals surface area contributed by atoms with Gasteiger partial charge in [0.25, 0.3) is 0 Å². The van der Waals surface area contributed by atoms with Crippen LogP contribution in [0.5, 0.6) is 11.5 Å². The number of rotatable bonds is 1. The summed E-state index contributed by atoms with van der Waals surface area (Å²) < 4.78 is 6.59. The Labute approximate surface area is 225 Å². The van der Waals surface area contributed by atoms with Crippen molar-refractivity contribution in [2.45, 2.75) is 0 Å². The van der Waals surface area contributed by atoms with E-state index in [2.05, 4.69) is 133 Å². The molecule has 1 heteroatoms. The highest BCUT2D eigenvalue weighted by atomic mass is 16.5. The first-order valence-corrected chi connectivity index (χ1v) is 13.4. The van der Waals surface area contributed by atoms with E-state index in [1.807, 2.05) is 0 Å². The van der Waals surface area contributed by atoms with E-state index in [1.165, 1.54) is 70.6 Å². The summed E-state index contributed by atoms with van der Waals surface area (Å²) in [6, 6.07) is 48.4. The molecule has 1 aliphatic heterocycles. The predicted molar refractivity (Wildman–Crippen MR) is 165 cm³/mol. The average Bonchev–Trinajstić information content (AvgIpc) is 3.00. The van der Waals surface area contributed by atoms with Gasteiger partial charge in [0.1, 0.15) is 11.5 Å². The number of hydrogen-bond donors (Lipinski definition) is 0. The Morgan fingerprint density at radius 2 is 1.08 bits per heavy atom. The van der Waals surface area contributed by atoms with Gasteiger partial charge in [-0.2, -0.15) is 0 Å². The summed E-state index contributed by atoms with van der Waals surface area (Å²) in [5.74, 6) is 1.83. The highest BCUT2D eigenvalue weighted by Gasteiger charge is 2.22. The van der Waals surface area contributed by atoms with Crippen molar-refractivity contribution < 1.29 is 4.74 Å². The van der Waals surface area contributed by atoms with E-state index >= 15 is 0 Å². The number of benzene rings is 8. The van der Waals surface area contributed by atoms with E-state index in [9.17, 15) is 0 Å². The van der Waals surface area contributed by atoms with Crippen molar-refractivity contribution in [3.8, 4) is 33.8 Å². The molecule has 0 amide bonds. The van der Waals surface area contributed by atoms with Gasteiger partial charge in [0, 0.05) is 10.9 Å². The van der Waals surface area contributed by atoms with E-state index in [0.29, 0.717) is 0 Å².